The minimum absolute atomic E-state index is 0.127. The molecule has 1 saturated carbocycles. The summed E-state index contributed by atoms with van der Waals surface area (Å²) in [5, 5.41) is 19.2. The number of nitriles is 1. The molecule has 0 saturated heterocycles. The van der Waals surface area contributed by atoms with Gasteiger partial charge in [0.1, 0.15) is 5.92 Å². The Morgan fingerprint density at radius 2 is 1.96 bits per heavy atom. The Hall–Kier alpha value is -3.13. The first-order valence-electron chi connectivity index (χ1n) is 8.73. The van der Waals surface area contributed by atoms with Crippen molar-refractivity contribution in [1.82, 2.24) is 4.90 Å². The number of hydrogen-bond acceptors (Lipinski definition) is 3. The summed E-state index contributed by atoms with van der Waals surface area (Å²) >= 11 is 0. The highest BCUT2D eigenvalue weighted by atomic mass is 16.4. The molecule has 130 valence electrons. The second-order valence-corrected chi connectivity index (χ2v) is 6.99. The third kappa shape index (κ3) is 2.74. The van der Waals surface area contributed by atoms with Crippen LogP contribution in [0.5, 0.6) is 0 Å². The van der Waals surface area contributed by atoms with Crippen molar-refractivity contribution in [2.45, 2.75) is 24.8 Å². The number of aliphatic carboxylic acids is 1. The van der Waals surface area contributed by atoms with Gasteiger partial charge < -0.3 is 10.0 Å². The minimum atomic E-state index is -0.960. The second-order valence-electron chi connectivity index (χ2n) is 6.99. The van der Waals surface area contributed by atoms with Crippen LogP contribution in [0.2, 0.25) is 0 Å². The van der Waals surface area contributed by atoms with E-state index < -0.39 is 17.9 Å². The van der Waals surface area contributed by atoms with Crippen LogP contribution in [0, 0.1) is 17.2 Å². The van der Waals surface area contributed by atoms with Crippen LogP contribution in [0.4, 0.5) is 0 Å². The normalized spacial score (nSPS) is 21.8. The van der Waals surface area contributed by atoms with Crippen LogP contribution < -0.4 is 0 Å². The number of nitrogens with zero attached hydrogens (tertiary/aromatic N) is 2. The quantitative estimate of drug-likeness (QED) is 0.920. The Bertz CT molecular complexity index is 927. The van der Waals surface area contributed by atoms with Crippen LogP contribution in [0.1, 0.15) is 51.8 Å². The predicted octanol–water partition coefficient (Wildman–Crippen LogP) is 3.33. The predicted molar refractivity (Wildman–Crippen MR) is 94.5 cm³/mol. The first-order valence-corrected chi connectivity index (χ1v) is 8.73. The average Bonchev–Trinajstić information content (AvgIpc) is 3.47. The lowest BCUT2D eigenvalue weighted by molar-refractivity contribution is -0.140. The smallest absolute Gasteiger partial charge is 0.313 e. The fourth-order valence-electron chi connectivity index (χ4n) is 3.80. The zero-order chi connectivity index (χ0) is 18.3. The van der Waals surface area contributed by atoms with Crippen molar-refractivity contribution in [1.29, 1.82) is 5.26 Å². The van der Waals surface area contributed by atoms with Crippen molar-refractivity contribution in [2.75, 3.05) is 6.54 Å². The minimum Gasteiger partial charge on any atom is -0.481 e. The van der Waals surface area contributed by atoms with Gasteiger partial charge >= 0.3 is 5.97 Å². The van der Waals surface area contributed by atoms with Crippen molar-refractivity contribution >= 4 is 11.9 Å². The van der Waals surface area contributed by atoms with E-state index in [1.807, 2.05) is 6.07 Å². The molecule has 2 atom stereocenters. The van der Waals surface area contributed by atoms with E-state index in [9.17, 15) is 20.0 Å². The van der Waals surface area contributed by atoms with Gasteiger partial charge in [0.05, 0.1) is 17.7 Å². The maximum Gasteiger partial charge on any atom is 0.313 e. The summed E-state index contributed by atoms with van der Waals surface area (Å²) in [5.74, 6) is -1.51. The molecule has 1 fully saturated rings. The van der Waals surface area contributed by atoms with Gasteiger partial charge in [-0.15, -0.1) is 0 Å². The summed E-state index contributed by atoms with van der Waals surface area (Å²) in [6.45, 7) is 0.554. The van der Waals surface area contributed by atoms with E-state index in [1.54, 1.807) is 47.4 Å². The lowest BCUT2D eigenvalue weighted by atomic mass is 9.79. The molecule has 5 nitrogen and oxygen atoms in total. The van der Waals surface area contributed by atoms with E-state index >= 15 is 0 Å². The fraction of sp³-hybridized carbons (Fsp3) is 0.286. The van der Waals surface area contributed by atoms with Crippen LogP contribution in [-0.2, 0) is 4.79 Å². The molecule has 1 N–H and O–H groups in total. The van der Waals surface area contributed by atoms with Crippen molar-refractivity contribution in [3.8, 4) is 6.07 Å². The number of hydrogen-bond donors (Lipinski definition) is 1. The molecule has 4 rings (SSSR count). The molecule has 2 aliphatic rings. The molecule has 0 spiro atoms. The molecule has 0 aromatic heterocycles. The van der Waals surface area contributed by atoms with Gasteiger partial charge in [-0.05, 0) is 48.1 Å². The molecule has 1 aliphatic carbocycles. The van der Waals surface area contributed by atoms with E-state index in [0.717, 1.165) is 12.8 Å². The van der Waals surface area contributed by atoms with Gasteiger partial charge in [0, 0.05) is 12.1 Å². The number of amides is 1. The number of carboxylic acid groups (broad SMARTS) is 1. The summed E-state index contributed by atoms with van der Waals surface area (Å²) in [6, 6.07) is 15.4. The molecule has 0 radical (unpaired) electrons. The maximum atomic E-state index is 13.2. The van der Waals surface area contributed by atoms with Crippen molar-refractivity contribution in [3.63, 3.8) is 0 Å². The van der Waals surface area contributed by atoms with Gasteiger partial charge in [0.25, 0.3) is 5.91 Å². The number of rotatable bonds is 4. The average molecular weight is 346 g/mol. The summed E-state index contributed by atoms with van der Waals surface area (Å²) in [4.78, 5) is 27.1. The van der Waals surface area contributed by atoms with Crippen molar-refractivity contribution in [2.24, 2.45) is 5.92 Å². The zero-order valence-electron chi connectivity index (χ0n) is 14.1. The highest BCUT2D eigenvalue weighted by molar-refractivity contribution is 6.00. The van der Waals surface area contributed by atoms with Gasteiger partial charge in [-0.1, -0.05) is 30.3 Å². The fourth-order valence-corrected chi connectivity index (χ4v) is 3.80. The second kappa shape index (κ2) is 6.30. The molecule has 1 aliphatic heterocycles. The molecule has 1 amide bonds. The number of carbonyl (C=O) groups is 2. The van der Waals surface area contributed by atoms with Crippen LogP contribution in [-0.4, -0.2) is 28.4 Å². The standard InChI is InChI=1S/C21H18N2O3/c22-11-14-4-3-5-15(10-14)19-18(21(25)26)16-6-1-2-7-17(16)20(24)23(19)12-13-8-9-13/h1-7,10,13,18-19H,8-9,12H2,(H,25,26)/t18-,19+/m1/s1. The Morgan fingerprint density at radius 3 is 2.65 bits per heavy atom. The van der Waals surface area contributed by atoms with Gasteiger partial charge in [0.15, 0.2) is 0 Å². The lowest BCUT2D eigenvalue weighted by Crippen LogP contribution is -2.45. The molecule has 5 heteroatoms. The van der Waals surface area contributed by atoms with Crippen LogP contribution in [0.15, 0.2) is 48.5 Å². The van der Waals surface area contributed by atoms with Crippen molar-refractivity contribution in [3.05, 3.63) is 70.8 Å². The van der Waals surface area contributed by atoms with Gasteiger partial charge in [-0.3, -0.25) is 9.59 Å². The van der Waals surface area contributed by atoms with Crippen LogP contribution >= 0.6 is 0 Å². The Morgan fingerprint density at radius 1 is 1.19 bits per heavy atom. The zero-order valence-corrected chi connectivity index (χ0v) is 14.1. The number of benzene rings is 2. The molecular weight excluding hydrogens is 328 g/mol. The molecule has 2 aromatic rings. The highest BCUT2D eigenvalue weighted by Crippen LogP contribution is 2.45. The van der Waals surface area contributed by atoms with Gasteiger partial charge in [-0.25, -0.2) is 0 Å². The molecule has 0 unspecified atom stereocenters. The van der Waals surface area contributed by atoms with E-state index in [4.69, 9.17) is 0 Å². The van der Waals surface area contributed by atoms with Crippen LogP contribution in [0.25, 0.3) is 0 Å². The van der Waals surface area contributed by atoms with Gasteiger partial charge in [0.2, 0.25) is 0 Å². The molecular formula is C21H18N2O3. The number of carbonyl (C=O) groups excluding carboxylic acids is 1. The van der Waals surface area contributed by atoms with Crippen molar-refractivity contribution < 1.29 is 14.7 Å². The molecule has 0 bridgehead atoms. The SMILES string of the molecule is N#Cc1cccc([C@H]2[C@H](C(=O)O)c3ccccc3C(=O)N2CC2CC2)c1. The third-order valence-electron chi connectivity index (χ3n) is 5.21. The topological polar surface area (TPSA) is 81.4 Å². The summed E-state index contributed by atoms with van der Waals surface area (Å²) in [6.07, 6.45) is 2.13. The monoisotopic (exact) mass is 346 g/mol. The lowest BCUT2D eigenvalue weighted by Gasteiger charge is -2.41. The van der Waals surface area contributed by atoms with E-state index in [1.165, 1.54) is 0 Å². The summed E-state index contributed by atoms with van der Waals surface area (Å²) in [7, 11) is 0. The number of carboxylic acids is 1. The molecule has 26 heavy (non-hydrogen) atoms. The maximum absolute atomic E-state index is 13.2. The Balaban J connectivity index is 1.89. The molecule has 1 heterocycles. The van der Waals surface area contributed by atoms with Gasteiger partial charge in [-0.2, -0.15) is 5.26 Å². The van der Waals surface area contributed by atoms with E-state index in [2.05, 4.69) is 6.07 Å². The summed E-state index contributed by atoms with van der Waals surface area (Å²) in [5.41, 5.74) is 2.17. The number of fused-ring (bicyclic) bond motifs is 1. The largest absolute Gasteiger partial charge is 0.481 e. The van der Waals surface area contributed by atoms with E-state index in [0.29, 0.717) is 34.7 Å². The first kappa shape index (κ1) is 16.3. The third-order valence-corrected chi connectivity index (χ3v) is 5.21. The highest BCUT2D eigenvalue weighted by Gasteiger charge is 2.45. The van der Waals surface area contributed by atoms with Crippen LogP contribution in [0.3, 0.4) is 0 Å². The van der Waals surface area contributed by atoms with E-state index in [-0.39, 0.29) is 5.91 Å². The Labute approximate surface area is 151 Å². The Kier molecular flexibility index (Phi) is 3.96. The summed E-state index contributed by atoms with van der Waals surface area (Å²) < 4.78 is 0. The molecule has 2 aromatic carbocycles. The first-order chi connectivity index (χ1) is 12.6.